The normalized spacial score (nSPS) is 26.8. The molecule has 4 aliphatic rings. The first-order valence-electron chi connectivity index (χ1n) is 16.3. The SMILES string of the molecule is C#N.CC12CCCN1CC(F)C2.CCc1nc2c(c(N3CCCC3C)n1)CCC(c1c(C(C)CC)ccc(N)c1C#N)C2. The fraction of sp³-hybridized carbons (Fsp3) is 0.657. The molecule has 3 fully saturated rings. The summed E-state index contributed by atoms with van der Waals surface area (Å²) < 4.78 is 12.8. The maximum absolute atomic E-state index is 12.8. The Hall–Kier alpha value is -3.23. The molecule has 3 saturated heterocycles. The van der Waals surface area contributed by atoms with Crippen LogP contribution in [0.3, 0.4) is 0 Å². The van der Waals surface area contributed by atoms with Gasteiger partial charge in [-0.1, -0.05) is 26.8 Å². The number of aromatic nitrogens is 2. The van der Waals surface area contributed by atoms with Crippen molar-refractivity contribution in [3.63, 3.8) is 0 Å². The van der Waals surface area contributed by atoms with Gasteiger partial charge in [0.05, 0.1) is 11.3 Å². The number of nitrogen functional groups attached to an aromatic ring is 1. The highest BCUT2D eigenvalue weighted by molar-refractivity contribution is 5.63. The number of hydrogen-bond acceptors (Lipinski definition) is 7. The van der Waals surface area contributed by atoms with E-state index in [1.807, 2.05) is 6.07 Å². The van der Waals surface area contributed by atoms with Crippen LogP contribution in [0.15, 0.2) is 12.1 Å². The van der Waals surface area contributed by atoms with E-state index < -0.39 is 6.17 Å². The molecule has 43 heavy (non-hydrogen) atoms. The van der Waals surface area contributed by atoms with Crippen molar-refractivity contribution < 1.29 is 4.39 Å². The van der Waals surface area contributed by atoms with E-state index in [1.165, 1.54) is 48.3 Å². The van der Waals surface area contributed by atoms with Crippen molar-refractivity contribution in [3.05, 3.63) is 45.9 Å². The summed E-state index contributed by atoms with van der Waals surface area (Å²) in [5.74, 6) is 2.78. The Kier molecular flexibility index (Phi) is 10.7. The first kappa shape index (κ1) is 32.7. The molecule has 2 aromatic rings. The largest absolute Gasteiger partial charge is 0.398 e. The quantitative estimate of drug-likeness (QED) is 0.376. The average molecular weight is 588 g/mol. The number of fused-ring (bicyclic) bond motifs is 2. The van der Waals surface area contributed by atoms with E-state index in [1.54, 1.807) is 0 Å². The average Bonchev–Trinajstić information content (AvgIpc) is 3.68. The third-order valence-corrected chi connectivity index (χ3v) is 10.4. The lowest BCUT2D eigenvalue weighted by Crippen LogP contribution is -2.34. The van der Waals surface area contributed by atoms with Crippen molar-refractivity contribution in [3.8, 4) is 12.6 Å². The van der Waals surface area contributed by atoms with Crippen molar-refractivity contribution in [2.45, 2.75) is 128 Å². The molecule has 1 aliphatic carbocycles. The standard InChI is InChI=1S/C26H35N5.C8H14FN.CHN/c1-5-16(3)19-11-12-22(28)21(15-27)25(19)18-9-10-20-23(14-18)29-24(6-2)30-26(20)31-13-7-8-17(31)4;1-8-3-2-4-10(8)6-7(9)5-8;1-2/h11-12,16-18H,5-10,13-14,28H2,1-4H3;7H,2-6H2,1H3;1H. The van der Waals surface area contributed by atoms with Gasteiger partial charge in [0.1, 0.15) is 23.9 Å². The van der Waals surface area contributed by atoms with Crippen LogP contribution in [-0.4, -0.2) is 52.3 Å². The van der Waals surface area contributed by atoms with Gasteiger partial charge in [0, 0.05) is 48.9 Å². The van der Waals surface area contributed by atoms with Crippen LogP contribution in [0.25, 0.3) is 0 Å². The number of nitriles is 2. The van der Waals surface area contributed by atoms with Gasteiger partial charge in [0.25, 0.3) is 0 Å². The van der Waals surface area contributed by atoms with E-state index in [0.717, 1.165) is 63.0 Å². The highest BCUT2D eigenvalue weighted by Gasteiger charge is 2.44. The Morgan fingerprint density at radius 3 is 2.58 bits per heavy atom. The predicted molar refractivity (Wildman–Crippen MR) is 172 cm³/mol. The fourth-order valence-electron chi connectivity index (χ4n) is 7.81. The molecule has 6 rings (SSSR count). The zero-order valence-corrected chi connectivity index (χ0v) is 26.9. The molecule has 5 unspecified atom stereocenters. The van der Waals surface area contributed by atoms with Gasteiger partial charge in [0.2, 0.25) is 0 Å². The lowest BCUT2D eigenvalue weighted by molar-refractivity contribution is 0.217. The number of anilines is 2. The Balaban J connectivity index is 0.000000294. The maximum Gasteiger partial charge on any atom is 0.136 e. The molecule has 2 N–H and O–H groups in total. The molecule has 5 atom stereocenters. The molecular weight excluding hydrogens is 537 g/mol. The summed E-state index contributed by atoms with van der Waals surface area (Å²) in [6, 6.07) is 7.01. The van der Waals surface area contributed by atoms with Crippen LogP contribution in [0.2, 0.25) is 0 Å². The molecule has 0 saturated carbocycles. The van der Waals surface area contributed by atoms with Crippen LogP contribution < -0.4 is 10.6 Å². The monoisotopic (exact) mass is 587 g/mol. The Morgan fingerprint density at radius 1 is 1.19 bits per heavy atom. The van der Waals surface area contributed by atoms with Gasteiger partial charge in [-0.25, -0.2) is 19.6 Å². The highest BCUT2D eigenvalue weighted by atomic mass is 19.1. The number of benzene rings is 1. The zero-order valence-electron chi connectivity index (χ0n) is 26.9. The molecule has 0 radical (unpaired) electrons. The molecule has 1 aromatic heterocycles. The van der Waals surface area contributed by atoms with E-state index in [9.17, 15) is 9.65 Å². The molecule has 0 bridgehead atoms. The minimum atomic E-state index is -0.551. The lowest BCUT2D eigenvalue weighted by atomic mass is 9.76. The van der Waals surface area contributed by atoms with Gasteiger partial charge in [-0.2, -0.15) is 5.26 Å². The van der Waals surface area contributed by atoms with Gasteiger partial charge >= 0.3 is 0 Å². The van der Waals surface area contributed by atoms with Crippen LogP contribution in [0.1, 0.15) is 125 Å². The second-order valence-corrected chi connectivity index (χ2v) is 13.2. The molecule has 4 heterocycles. The van der Waals surface area contributed by atoms with Gasteiger partial charge in [0.15, 0.2) is 0 Å². The van der Waals surface area contributed by atoms with Crippen molar-refractivity contribution in [2.75, 3.05) is 30.3 Å². The molecule has 232 valence electrons. The predicted octanol–water partition coefficient (Wildman–Crippen LogP) is 6.99. The molecule has 3 aliphatic heterocycles. The van der Waals surface area contributed by atoms with Crippen molar-refractivity contribution in [1.29, 1.82) is 10.5 Å². The summed E-state index contributed by atoms with van der Waals surface area (Å²) in [6.07, 6.45) is 9.88. The number of nitrogens with two attached hydrogens (primary N) is 1. The summed E-state index contributed by atoms with van der Waals surface area (Å²) in [6.45, 7) is 17.5. The van der Waals surface area contributed by atoms with Gasteiger partial charge in [-0.3, -0.25) is 4.90 Å². The number of alkyl halides is 1. The fourth-order valence-corrected chi connectivity index (χ4v) is 7.81. The second-order valence-electron chi connectivity index (χ2n) is 13.2. The minimum Gasteiger partial charge on any atom is -0.398 e. The van der Waals surface area contributed by atoms with E-state index in [-0.39, 0.29) is 11.5 Å². The topological polar surface area (TPSA) is 106 Å². The summed E-state index contributed by atoms with van der Waals surface area (Å²) >= 11 is 0. The Bertz CT molecular complexity index is 1330. The number of hydrogen-bond donors (Lipinski definition) is 1. The summed E-state index contributed by atoms with van der Waals surface area (Å²) in [5.41, 5.74) is 12.7. The van der Waals surface area contributed by atoms with Gasteiger partial charge in [-0.15, -0.1) is 0 Å². The molecule has 0 amide bonds. The maximum atomic E-state index is 12.8. The third-order valence-electron chi connectivity index (χ3n) is 10.4. The minimum absolute atomic E-state index is 0.236. The Labute approximate surface area is 258 Å². The van der Waals surface area contributed by atoms with Gasteiger partial charge < -0.3 is 10.6 Å². The highest BCUT2D eigenvalue weighted by Crippen LogP contribution is 2.42. The molecule has 1 aromatic carbocycles. The Morgan fingerprint density at radius 2 is 1.95 bits per heavy atom. The van der Waals surface area contributed by atoms with Crippen LogP contribution in [0, 0.1) is 23.2 Å². The molecule has 0 spiro atoms. The van der Waals surface area contributed by atoms with Crippen molar-refractivity contribution in [1.82, 2.24) is 14.9 Å². The van der Waals surface area contributed by atoms with E-state index in [2.05, 4.69) is 63.1 Å². The van der Waals surface area contributed by atoms with Crippen LogP contribution in [0.5, 0.6) is 0 Å². The third kappa shape index (κ3) is 6.65. The second kappa shape index (κ2) is 14.0. The first-order chi connectivity index (χ1) is 20.7. The van der Waals surface area contributed by atoms with Crippen LogP contribution in [-0.2, 0) is 19.3 Å². The molecule has 7 nitrogen and oxygen atoms in total. The number of halogens is 1. The number of nitrogens with zero attached hydrogens (tertiary/aromatic N) is 6. The smallest absolute Gasteiger partial charge is 0.136 e. The lowest BCUT2D eigenvalue weighted by Gasteiger charge is -2.32. The van der Waals surface area contributed by atoms with Crippen molar-refractivity contribution in [2.24, 2.45) is 0 Å². The summed E-state index contributed by atoms with van der Waals surface area (Å²) in [5, 5.41) is 16.4. The van der Waals surface area contributed by atoms with Gasteiger partial charge in [-0.05, 0) is 107 Å². The zero-order chi connectivity index (χ0) is 31.3. The van der Waals surface area contributed by atoms with Crippen molar-refractivity contribution >= 4 is 11.5 Å². The van der Waals surface area contributed by atoms with E-state index in [4.69, 9.17) is 21.0 Å². The van der Waals surface area contributed by atoms with Crippen LogP contribution in [0.4, 0.5) is 15.9 Å². The van der Waals surface area contributed by atoms with E-state index >= 15 is 0 Å². The number of rotatable bonds is 5. The number of aryl methyl sites for hydroxylation is 1. The van der Waals surface area contributed by atoms with E-state index in [0.29, 0.717) is 29.8 Å². The summed E-state index contributed by atoms with van der Waals surface area (Å²) in [7, 11) is 0. The van der Waals surface area contributed by atoms with Crippen LogP contribution >= 0.6 is 0 Å². The first-order valence-corrected chi connectivity index (χ1v) is 16.3. The molecule has 8 heteroatoms. The molecular formula is C35H50FN7. The summed E-state index contributed by atoms with van der Waals surface area (Å²) in [4.78, 5) is 14.8.